The van der Waals surface area contributed by atoms with E-state index in [1.54, 1.807) is 4.90 Å². The molecule has 21 heavy (non-hydrogen) atoms. The first-order valence-corrected chi connectivity index (χ1v) is 7.68. The Bertz CT molecular complexity index is 534. The lowest BCUT2D eigenvalue weighted by Crippen LogP contribution is -2.52. The van der Waals surface area contributed by atoms with Crippen molar-refractivity contribution in [3.05, 3.63) is 0 Å². The molecule has 2 saturated carbocycles. The molecule has 2 bridgehead atoms. The molecule has 4 rings (SSSR count). The van der Waals surface area contributed by atoms with Gasteiger partial charge in [0, 0.05) is 12.6 Å². The van der Waals surface area contributed by atoms with Crippen LogP contribution in [0.3, 0.4) is 0 Å². The molecule has 0 aromatic rings. The van der Waals surface area contributed by atoms with Gasteiger partial charge in [-0.05, 0) is 37.5 Å². The Balaban J connectivity index is 1.50. The Hall–Kier alpha value is -1.63. The Morgan fingerprint density at radius 1 is 1.29 bits per heavy atom. The molecule has 4 fully saturated rings. The van der Waals surface area contributed by atoms with Crippen molar-refractivity contribution in [2.24, 2.45) is 23.5 Å². The smallest absolute Gasteiger partial charge is 0.322 e. The van der Waals surface area contributed by atoms with Crippen LogP contribution in [0.15, 0.2) is 0 Å². The number of nitrogens with two attached hydrogens (primary N) is 1. The summed E-state index contributed by atoms with van der Waals surface area (Å²) in [5, 5.41) is 4.94. The SMILES string of the molecule is NC1C2CCC(C2)C1C(=O)N1CCC2(C1)NC(=O)NC2=O. The van der Waals surface area contributed by atoms with Crippen molar-refractivity contribution in [3.63, 3.8) is 0 Å². The van der Waals surface area contributed by atoms with Crippen molar-refractivity contribution < 1.29 is 14.4 Å². The molecule has 114 valence electrons. The third-order valence-electron chi connectivity index (χ3n) is 5.86. The van der Waals surface area contributed by atoms with Gasteiger partial charge in [-0.2, -0.15) is 0 Å². The van der Waals surface area contributed by atoms with E-state index in [0.717, 1.165) is 19.3 Å². The summed E-state index contributed by atoms with van der Waals surface area (Å²) in [6.07, 6.45) is 3.77. The van der Waals surface area contributed by atoms with Crippen molar-refractivity contribution >= 4 is 17.8 Å². The topological polar surface area (TPSA) is 105 Å². The van der Waals surface area contributed by atoms with Crippen LogP contribution in [0.5, 0.6) is 0 Å². The highest BCUT2D eigenvalue weighted by molar-refractivity contribution is 6.07. The van der Waals surface area contributed by atoms with Crippen molar-refractivity contribution in [1.29, 1.82) is 0 Å². The molecule has 2 saturated heterocycles. The van der Waals surface area contributed by atoms with E-state index in [1.807, 2.05) is 0 Å². The summed E-state index contributed by atoms with van der Waals surface area (Å²) in [7, 11) is 0. The maximum Gasteiger partial charge on any atom is 0.322 e. The molecular formula is C14H20N4O3. The van der Waals surface area contributed by atoms with Crippen LogP contribution in [0, 0.1) is 17.8 Å². The third kappa shape index (κ3) is 1.73. The number of fused-ring (bicyclic) bond motifs is 2. The second-order valence-electron chi connectivity index (χ2n) is 6.94. The molecule has 4 N–H and O–H groups in total. The van der Waals surface area contributed by atoms with Gasteiger partial charge in [-0.1, -0.05) is 0 Å². The van der Waals surface area contributed by atoms with E-state index < -0.39 is 11.6 Å². The second-order valence-corrected chi connectivity index (χ2v) is 6.94. The quantitative estimate of drug-likeness (QED) is 0.549. The van der Waals surface area contributed by atoms with Gasteiger partial charge in [0.2, 0.25) is 5.91 Å². The summed E-state index contributed by atoms with van der Waals surface area (Å²) in [5.41, 5.74) is 5.31. The summed E-state index contributed by atoms with van der Waals surface area (Å²) < 4.78 is 0. The summed E-state index contributed by atoms with van der Waals surface area (Å²) >= 11 is 0. The lowest BCUT2D eigenvalue weighted by atomic mass is 9.84. The number of rotatable bonds is 1. The molecule has 7 heteroatoms. The highest BCUT2D eigenvalue weighted by Gasteiger charge is 2.55. The zero-order valence-corrected chi connectivity index (χ0v) is 11.8. The average Bonchev–Trinajstić information content (AvgIpc) is 3.15. The van der Waals surface area contributed by atoms with E-state index in [4.69, 9.17) is 5.73 Å². The summed E-state index contributed by atoms with van der Waals surface area (Å²) in [4.78, 5) is 37.8. The number of urea groups is 1. The number of likely N-dealkylation sites (tertiary alicyclic amines) is 1. The largest absolute Gasteiger partial charge is 0.339 e. The van der Waals surface area contributed by atoms with Crippen molar-refractivity contribution in [2.75, 3.05) is 13.1 Å². The zero-order chi connectivity index (χ0) is 14.8. The van der Waals surface area contributed by atoms with E-state index in [-0.39, 0.29) is 30.3 Å². The minimum Gasteiger partial charge on any atom is -0.339 e. The summed E-state index contributed by atoms with van der Waals surface area (Å²) in [5.74, 6) is 0.538. The number of hydrogen-bond donors (Lipinski definition) is 3. The first-order valence-electron chi connectivity index (χ1n) is 7.68. The number of carbonyl (C=O) groups excluding carboxylic acids is 3. The predicted octanol–water partition coefficient (Wildman–Crippen LogP) is -0.830. The van der Waals surface area contributed by atoms with Crippen LogP contribution >= 0.6 is 0 Å². The second kappa shape index (κ2) is 4.19. The number of imide groups is 1. The molecule has 0 aromatic heterocycles. The third-order valence-corrected chi connectivity index (χ3v) is 5.86. The van der Waals surface area contributed by atoms with Gasteiger partial charge in [-0.15, -0.1) is 0 Å². The number of hydrogen-bond acceptors (Lipinski definition) is 4. The van der Waals surface area contributed by atoms with E-state index in [2.05, 4.69) is 10.6 Å². The molecule has 5 atom stereocenters. The monoisotopic (exact) mass is 292 g/mol. The first-order chi connectivity index (χ1) is 10.00. The van der Waals surface area contributed by atoms with Crippen LogP contribution in [0.25, 0.3) is 0 Å². The van der Waals surface area contributed by atoms with Gasteiger partial charge < -0.3 is 16.0 Å². The van der Waals surface area contributed by atoms with Gasteiger partial charge >= 0.3 is 6.03 Å². The maximum absolute atomic E-state index is 12.8. The van der Waals surface area contributed by atoms with Crippen LogP contribution in [-0.4, -0.2) is 47.4 Å². The molecular weight excluding hydrogens is 272 g/mol. The van der Waals surface area contributed by atoms with E-state index in [0.29, 0.717) is 24.8 Å². The summed E-state index contributed by atoms with van der Waals surface area (Å²) in [6, 6.07) is -0.509. The molecule has 0 radical (unpaired) electrons. The Morgan fingerprint density at radius 3 is 2.67 bits per heavy atom. The van der Waals surface area contributed by atoms with Gasteiger partial charge in [0.15, 0.2) is 0 Å². The lowest BCUT2D eigenvalue weighted by Gasteiger charge is -2.31. The average molecular weight is 292 g/mol. The molecule has 1 spiro atoms. The van der Waals surface area contributed by atoms with Gasteiger partial charge in [0.05, 0.1) is 12.5 Å². The molecule has 2 heterocycles. The van der Waals surface area contributed by atoms with Crippen LogP contribution < -0.4 is 16.4 Å². The number of nitrogens with one attached hydrogen (secondary N) is 2. The minimum atomic E-state index is -0.922. The Labute approximate surface area is 122 Å². The molecule has 4 aliphatic rings. The zero-order valence-electron chi connectivity index (χ0n) is 11.8. The van der Waals surface area contributed by atoms with Gasteiger partial charge in [0.1, 0.15) is 5.54 Å². The number of nitrogens with zero attached hydrogens (tertiary/aromatic N) is 1. The van der Waals surface area contributed by atoms with Gasteiger partial charge in [-0.3, -0.25) is 14.9 Å². The maximum atomic E-state index is 12.8. The van der Waals surface area contributed by atoms with E-state index >= 15 is 0 Å². The number of carbonyl (C=O) groups is 3. The minimum absolute atomic E-state index is 0.0419. The highest BCUT2D eigenvalue weighted by atomic mass is 16.2. The van der Waals surface area contributed by atoms with Crippen molar-refractivity contribution in [2.45, 2.75) is 37.3 Å². The normalized spacial score (nSPS) is 44.5. The van der Waals surface area contributed by atoms with Crippen LogP contribution in [0.2, 0.25) is 0 Å². The fourth-order valence-corrected chi connectivity index (χ4v) is 4.73. The molecule has 0 aromatic carbocycles. The van der Waals surface area contributed by atoms with Crippen LogP contribution in [0.1, 0.15) is 25.7 Å². The predicted molar refractivity (Wildman–Crippen MR) is 72.9 cm³/mol. The molecule has 4 amide bonds. The Morgan fingerprint density at radius 2 is 2.05 bits per heavy atom. The van der Waals surface area contributed by atoms with E-state index in [1.165, 1.54) is 0 Å². The fourth-order valence-electron chi connectivity index (χ4n) is 4.73. The molecule has 5 unspecified atom stereocenters. The van der Waals surface area contributed by atoms with Crippen molar-refractivity contribution in [1.82, 2.24) is 15.5 Å². The molecule has 2 aliphatic carbocycles. The van der Waals surface area contributed by atoms with Gasteiger partial charge in [0.25, 0.3) is 5.91 Å². The molecule has 2 aliphatic heterocycles. The lowest BCUT2D eigenvalue weighted by molar-refractivity contribution is -0.137. The highest BCUT2D eigenvalue weighted by Crippen LogP contribution is 2.48. The van der Waals surface area contributed by atoms with Gasteiger partial charge in [-0.25, -0.2) is 4.79 Å². The van der Waals surface area contributed by atoms with Crippen molar-refractivity contribution in [3.8, 4) is 0 Å². The summed E-state index contributed by atoms with van der Waals surface area (Å²) in [6.45, 7) is 0.775. The number of amides is 4. The van der Waals surface area contributed by atoms with E-state index in [9.17, 15) is 14.4 Å². The standard InChI is InChI=1S/C14H20N4O3/c15-10-8-2-1-7(5-8)9(10)11(19)18-4-3-14(6-18)12(20)16-13(21)17-14/h7-10H,1-6,15H2,(H2,16,17,20,21). The van der Waals surface area contributed by atoms with Crippen LogP contribution in [-0.2, 0) is 9.59 Å². The molecule has 7 nitrogen and oxygen atoms in total. The van der Waals surface area contributed by atoms with Crippen LogP contribution in [0.4, 0.5) is 4.79 Å². The first kappa shape index (κ1) is 13.1. The fraction of sp³-hybridized carbons (Fsp3) is 0.786. The Kier molecular flexibility index (Phi) is 2.61.